The van der Waals surface area contributed by atoms with Gasteiger partial charge < -0.3 is 4.74 Å². The Kier molecular flexibility index (Phi) is 4.62. The van der Waals surface area contributed by atoms with Gasteiger partial charge in [-0.1, -0.05) is 15.9 Å². The van der Waals surface area contributed by atoms with Gasteiger partial charge >= 0.3 is 0 Å². The molecule has 6 heteroatoms. The van der Waals surface area contributed by atoms with Crippen molar-refractivity contribution in [1.82, 2.24) is 4.98 Å². The molecule has 0 aromatic carbocycles. The van der Waals surface area contributed by atoms with Crippen LogP contribution in [0.2, 0.25) is 0 Å². The highest BCUT2D eigenvalue weighted by Crippen LogP contribution is 2.28. The maximum Gasteiger partial charge on any atom is 0.280 e. The lowest BCUT2D eigenvalue weighted by molar-refractivity contribution is 0.144. The van der Waals surface area contributed by atoms with Crippen molar-refractivity contribution in [3.63, 3.8) is 0 Å². The van der Waals surface area contributed by atoms with Crippen LogP contribution in [0.4, 0.5) is 8.78 Å². The minimum atomic E-state index is -2.71. The van der Waals surface area contributed by atoms with Gasteiger partial charge in [-0.25, -0.2) is 13.8 Å². The molecule has 3 nitrogen and oxygen atoms in total. The number of alkyl halides is 3. The number of methoxy groups -OCH3 is 1. The molecule has 0 fully saturated rings. The van der Waals surface area contributed by atoms with Crippen LogP contribution in [0.5, 0.6) is 5.88 Å². The Morgan fingerprint density at radius 3 is 2.69 bits per heavy atom. The van der Waals surface area contributed by atoms with E-state index in [9.17, 15) is 8.78 Å². The van der Waals surface area contributed by atoms with Crippen LogP contribution in [0.25, 0.3) is 0 Å². The van der Waals surface area contributed by atoms with Gasteiger partial charge in [0, 0.05) is 10.9 Å². The minimum Gasteiger partial charge on any atom is -0.481 e. The maximum atomic E-state index is 12.7. The van der Waals surface area contributed by atoms with Crippen molar-refractivity contribution in [3.8, 4) is 11.9 Å². The zero-order valence-electron chi connectivity index (χ0n) is 8.51. The third-order valence-electron chi connectivity index (χ3n) is 1.99. The SMILES string of the molecule is COc1nc(C(F)F)c(CC#N)cc1CBr. The predicted molar refractivity (Wildman–Crippen MR) is 57.7 cm³/mol. The lowest BCUT2D eigenvalue weighted by Gasteiger charge is -2.11. The molecule has 1 heterocycles. The maximum absolute atomic E-state index is 12.7. The second-order valence-electron chi connectivity index (χ2n) is 2.97. The van der Waals surface area contributed by atoms with Gasteiger partial charge in [0.05, 0.1) is 19.6 Å². The van der Waals surface area contributed by atoms with Gasteiger partial charge in [-0.05, 0) is 11.6 Å². The second-order valence-corrected chi connectivity index (χ2v) is 3.53. The van der Waals surface area contributed by atoms with E-state index in [0.29, 0.717) is 10.9 Å². The molecule has 0 saturated heterocycles. The quantitative estimate of drug-likeness (QED) is 0.801. The molecule has 0 bridgehead atoms. The highest BCUT2D eigenvalue weighted by Gasteiger charge is 2.18. The first-order valence-electron chi connectivity index (χ1n) is 4.41. The summed E-state index contributed by atoms with van der Waals surface area (Å²) in [5.74, 6) is 0.161. The molecule has 0 saturated carbocycles. The fraction of sp³-hybridized carbons (Fsp3) is 0.400. The van der Waals surface area contributed by atoms with Crippen molar-refractivity contribution in [3.05, 3.63) is 22.9 Å². The lowest BCUT2D eigenvalue weighted by Crippen LogP contribution is -2.03. The molecule has 16 heavy (non-hydrogen) atoms. The number of nitrogens with zero attached hydrogens (tertiary/aromatic N) is 2. The molecular weight excluding hydrogens is 282 g/mol. The Bertz CT molecular complexity index is 418. The average Bonchev–Trinajstić information content (AvgIpc) is 2.28. The first-order valence-corrected chi connectivity index (χ1v) is 5.54. The van der Waals surface area contributed by atoms with E-state index in [1.807, 2.05) is 6.07 Å². The lowest BCUT2D eigenvalue weighted by atomic mass is 10.1. The van der Waals surface area contributed by atoms with E-state index < -0.39 is 6.43 Å². The molecule has 0 amide bonds. The topological polar surface area (TPSA) is 45.9 Å². The first-order chi connectivity index (χ1) is 7.63. The minimum absolute atomic E-state index is 0.0866. The number of aromatic nitrogens is 1. The molecule has 0 aliphatic carbocycles. The van der Waals surface area contributed by atoms with Crippen molar-refractivity contribution in [1.29, 1.82) is 5.26 Å². The van der Waals surface area contributed by atoms with Crippen molar-refractivity contribution >= 4 is 15.9 Å². The van der Waals surface area contributed by atoms with Crippen molar-refractivity contribution in [2.75, 3.05) is 7.11 Å². The zero-order chi connectivity index (χ0) is 12.1. The Balaban J connectivity index is 3.30. The molecule has 0 aliphatic heterocycles. The molecule has 1 aromatic heterocycles. The van der Waals surface area contributed by atoms with Gasteiger partial charge in [0.2, 0.25) is 5.88 Å². The van der Waals surface area contributed by atoms with E-state index in [0.717, 1.165) is 0 Å². The Hall–Kier alpha value is -1.22. The highest BCUT2D eigenvalue weighted by atomic mass is 79.9. The number of rotatable bonds is 4. The summed E-state index contributed by atoms with van der Waals surface area (Å²) < 4.78 is 30.2. The van der Waals surface area contributed by atoms with Crippen LogP contribution in [0.3, 0.4) is 0 Å². The number of hydrogen-bond acceptors (Lipinski definition) is 3. The number of ether oxygens (including phenoxy) is 1. The van der Waals surface area contributed by atoms with Gasteiger partial charge in [0.15, 0.2) is 0 Å². The van der Waals surface area contributed by atoms with E-state index in [-0.39, 0.29) is 23.6 Å². The van der Waals surface area contributed by atoms with Crippen molar-refractivity contribution in [2.45, 2.75) is 18.2 Å². The van der Waals surface area contributed by atoms with Crippen LogP contribution in [0, 0.1) is 11.3 Å². The molecule has 0 aliphatic rings. The molecule has 1 rings (SSSR count). The van der Waals surface area contributed by atoms with Crippen LogP contribution >= 0.6 is 15.9 Å². The highest BCUT2D eigenvalue weighted by molar-refractivity contribution is 9.08. The van der Waals surface area contributed by atoms with Gasteiger partial charge in [-0.3, -0.25) is 0 Å². The summed E-state index contributed by atoms with van der Waals surface area (Å²) in [6.45, 7) is 0. The summed E-state index contributed by atoms with van der Waals surface area (Å²) in [4.78, 5) is 3.73. The third-order valence-corrected chi connectivity index (χ3v) is 2.59. The summed E-state index contributed by atoms with van der Waals surface area (Å²) in [5.41, 5.74) is 0.507. The zero-order valence-corrected chi connectivity index (χ0v) is 10.1. The number of hydrogen-bond donors (Lipinski definition) is 0. The molecule has 0 atom stereocenters. The molecule has 0 unspecified atom stereocenters. The molecule has 0 spiro atoms. The van der Waals surface area contributed by atoms with E-state index >= 15 is 0 Å². The summed E-state index contributed by atoms with van der Waals surface area (Å²) in [5, 5.41) is 8.99. The van der Waals surface area contributed by atoms with Gasteiger partial charge in [0.25, 0.3) is 6.43 Å². The van der Waals surface area contributed by atoms with E-state index in [1.165, 1.54) is 13.2 Å². The monoisotopic (exact) mass is 290 g/mol. The molecule has 86 valence electrons. The van der Waals surface area contributed by atoms with Crippen molar-refractivity contribution < 1.29 is 13.5 Å². The van der Waals surface area contributed by atoms with Crippen LogP contribution in [0.1, 0.15) is 23.2 Å². The van der Waals surface area contributed by atoms with Crippen LogP contribution in [-0.2, 0) is 11.8 Å². The van der Waals surface area contributed by atoms with Crippen LogP contribution in [-0.4, -0.2) is 12.1 Å². The summed E-state index contributed by atoms with van der Waals surface area (Å²) in [6, 6.07) is 3.36. The van der Waals surface area contributed by atoms with Crippen LogP contribution < -0.4 is 4.74 Å². The van der Waals surface area contributed by atoms with Gasteiger partial charge in [-0.15, -0.1) is 0 Å². The number of pyridine rings is 1. The summed E-state index contributed by atoms with van der Waals surface area (Å²) in [7, 11) is 1.37. The Labute approximate surface area is 100 Å². The second kappa shape index (κ2) is 5.75. The van der Waals surface area contributed by atoms with Gasteiger partial charge in [0.1, 0.15) is 5.69 Å². The Morgan fingerprint density at radius 2 is 2.25 bits per heavy atom. The number of nitriles is 1. The van der Waals surface area contributed by atoms with E-state index in [1.54, 1.807) is 0 Å². The third kappa shape index (κ3) is 2.67. The van der Waals surface area contributed by atoms with E-state index in [2.05, 4.69) is 20.9 Å². The summed E-state index contributed by atoms with van der Waals surface area (Å²) >= 11 is 3.21. The predicted octanol–water partition coefficient (Wildman–Crippen LogP) is 2.99. The molecule has 0 N–H and O–H groups in total. The fourth-order valence-electron chi connectivity index (χ4n) is 1.29. The normalized spacial score (nSPS) is 10.2. The standard InChI is InChI=1S/C10H9BrF2N2O/c1-16-10-7(5-11)4-6(2-3-14)8(15-10)9(12)13/h4,9H,2,5H2,1H3. The average molecular weight is 291 g/mol. The molecule has 1 aromatic rings. The van der Waals surface area contributed by atoms with Gasteiger partial charge in [-0.2, -0.15) is 5.26 Å². The van der Waals surface area contributed by atoms with Crippen LogP contribution in [0.15, 0.2) is 6.07 Å². The smallest absolute Gasteiger partial charge is 0.280 e. The number of halogens is 3. The largest absolute Gasteiger partial charge is 0.481 e. The molecular formula is C10H9BrF2N2O. The van der Waals surface area contributed by atoms with Crippen molar-refractivity contribution in [2.24, 2.45) is 0 Å². The molecule has 0 radical (unpaired) electrons. The fourth-order valence-corrected chi connectivity index (χ4v) is 1.69. The Morgan fingerprint density at radius 1 is 1.56 bits per heavy atom. The summed E-state index contributed by atoms with van der Waals surface area (Å²) in [6.07, 6.45) is -2.79. The first kappa shape index (κ1) is 12.8. The van der Waals surface area contributed by atoms with E-state index in [4.69, 9.17) is 10.00 Å².